The van der Waals surface area contributed by atoms with Crippen molar-refractivity contribution in [2.45, 2.75) is 13.0 Å². The SMILES string of the molecule is C=CCN(C)c1ccc([C@@H](C)N)cc1. The number of rotatable bonds is 4. The highest BCUT2D eigenvalue weighted by molar-refractivity contribution is 5.47. The molecule has 0 bridgehead atoms. The summed E-state index contributed by atoms with van der Waals surface area (Å²) >= 11 is 0. The zero-order chi connectivity index (χ0) is 10.6. The minimum absolute atomic E-state index is 0.105. The molecule has 1 aromatic rings. The minimum atomic E-state index is 0.105. The van der Waals surface area contributed by atoms with Gasteiger partial charge in [0.1, 0.15) is 0 Å². The summed E-state index contributed by atoms with van der Waals surface area (Å²) in [7, 11) is 2.04. The molecule has 0 saturated heterocycles. The van der Waals surface area contributed by atoms with Crippen LogP contribution in [0.5, 0.6) is 0 Å². The summed E-state index contributed by atoms with van der Waals surface area (Å²) in [5.74, 6) is 0. The summed E-state index contributed by atoms with van der Waals surface area (Å²) in [4.78, 5) is 2.14. The molecule has 0 radical (unpaired) electrons. The second kappa shape index (κ2) is 4.82. The lowest BCUT2D eigenvalue weighted by Gasteiger charge is -2.17. The van der Waals surface area contributed by atoms with Gasteiger partial charge in [-0.3, -0.25) is 0 Å². The molecule has 1 aromatic carbocycles. The van der Waals surface area contributed by atoms with E-state index in [4.69, 9.17) is 5.73 Å². The van der Waals surface area contributed by atoms with E-state index in [1.54, 1.807) is 0 Å². The van der Waals surface area contributed by atoms with Gasteiger partial charge in [-0.15, -0.1) is 6.58 Å². The summed E-state index contributed by atoms with van der Waals surface area (Å²) in [5.41, 5.74) is 8.13. The van der Waals surface area contributed by atoms with Crippen molar-refractivity contribution < 1.29 is 0 Å². The molecule has 14 heavy (non-hydrogen) atoms. The molecule has 0 aliphatic rings. The maximum Gasteiger partial charge on any atom is 0.0366 e. The number of nitrogens with two attached hydrogens (primary N) is 1. The first-order valence-electron chi connectivity index (χ1n) is 4.82. The Morgan fingerprint density at radius 3 is 2.43 bits per heavy atom. The van der Waals surface area contributed by atoms with Crippen LogP contribution in [-0.4, -0.2) is 13.6 Å². The zero-order valence-corrected chi connectivity index (χ0v) is 8.90. The van der Waals surface area contributed by atoms with Crippen molar-refractivity contribution in [2.24, 2.45) is 5.73 Å². The summed E-state index contributed by atoms with van der Waals surface area (Å²) < 4.78 is 0. The molecule has 1 atom stereocenters. The monoisotopic (exact) mass is 190 g/mol. The highest BCUT2D eigenvalue weighted by atomic mass is 15.1. The maximum absolute atomic E-state index is 5.77. The van der Waals surface area contributed by atoms with Crippen LogP contribution in [-0.2, 0) is 0 Å². The van der Waals surface area contributed by atoms with Gasteiger partial charge in [0.15, 0.2) is 0 Å². The van der Waals surface area contributed by atoms with Crippen molar-refractivity contribution in [1.29, 1.82) is 0 Å². The van der Waals surface area contributed by atoms with Gasteiger partial charge >= 0.3 is 0 Å². The fourth-order valence-electron chi connectivity index (χ4n) is 1.33. The second-order valence-corrected chi connectivity index (χ2v) is 3.55. The summed E-state index contributed by atoms with van der Waals surface area (Å²) in [6.45, 7) is 6.56. The molecule has 0 aliphatic carbocycles. The van der Waals surface area contributed by atoms with Crippen molar-refractivity contribution >= 4 is 5.69 Å². The third-order valence-electron chi connectivity index (χ3n) is 2.26. The average Bonchev–Trinajstić information content (AvgIpc) is 2.18. The van der Waals surface area contributed by atoms with Crippen molar-refractivity contribution in [1.82, 2.24) is 0 Å². The lowest BCUT2D eigenvalue weighted by molar-refractivity contribution is 0.818. The van der Waals surface area contributed by atoms with Crippen LogP contribution in [0.1, 0.15) is 18.5 Å². The smallest absolute Gasteiger partial charge is 0.0366 e. The molecule has 0 amide bonds. The molecule has 1 rings (SSSR count). The van der Waals surface area contributed by atoms with Gasteiger partial charge in [-0.05, 0) is 24.6 Å². The highest BCUT2D eigenvalue weighted by Crippen LogP contribution is 2.16. The molecule has 0 fully saturated rings. The molecule has 0 saturated carbocycles. The van der Waals surface area contributed by atoms with Crippen molar-refractivity contribution in [2.75, 3.05) is 18.5 Å². The van der Waals surface area contributed by atoms with E-state index < -0.39 is 0 Å². The van der Waals surface area contributed by atoms with Crippen LogP contribution in [0.2, 0.25) is 0 Å². The Hall–Kier alpha value is -1.28. The standard InChI is InChI=1S/C12H18N2/c1-4-9-14(3)12-7-5-11(6-8-12)10(2)13/h4-8,10H,1,9,13H2,2-3H3/t10-/m1/s1. The third-order valence-corrected chi connectivity index (χ3v) is 2.26. The number of nitrogens with zero attached hydrogens (tertiary/aromatic N) is 1. The average molecular weight is 190 g/mol. The highest BCUT2D eigenvalue weighted by Gasteiger charge is 2.01. The van der Waals surface area contributed by atoms with Crippen LogP contribution in [0.25, 0.3) is 0 Å². The molecular weight excluding hydrogens is 172 g/mol. The molecule has 2 N–H and O–H groups in total. The van der Waals surface area contributed by atoms with Crippen molar-refractivity contribution in [3.63, 3.8) is 0 Å². The Kier molecular flexibility index (Phi) is 3.72. The molecule has 0 aromatic heterocycles. The van der Waals surface area contributed by atoms with Crippen molar-refractivity contribution in [3.05, 3.63) is 42.5 Å². The molecule has 2 heteroatoms. The van der Waals surface area contributed by atoms with Gasteiger partial charge in [-0.1, -0.05) is 18.2 Å². The first-order chi connectivity index (χ1) is 6.65. The zero-order valence-electron chi connectivity index (χ0n) is 8.90. The number of hydrogen-bond donors (Lipinski definition) is 1. The Labute approximate surface area is 86.0 Å². The van der Waals surface area contributed by atoms with E-state index in [-0.39, 0.29) is 6.04 Å². The Morgan fingerprint density at radius 1 is 1.43 bits per heavy atom. The molecule has 0 aliphatic heterocycles. The van der Waals surface area contributed by atoms with Crippen LogP contribution in [0, 0.1) is 0 Å². The van der Waals surface area contributed by atoms with Gasteiger partial charge in [0, 0.05) is 25.3 Å². The number of benzene rings is 1. The number of hydrogen-bond acceptors (Lipinski definition) is 2. The van der Waals surface area contributed by atoms with Crippen molar-refractivity contribution in [3.8, 4) is 0 Å². The predicted molar refractivity (Wildman–Crippen MR) is 62.5 cm³/mol. The lowest BCUT2D eigenvalue weighted by Crippen LogP contribution is -2.16. The van der Waals surface area contributed by atoms with E-state index in [1.807, 2.05) is 20.0 Å². The molecule has 76 valence electrons. The Bertz CT molecular complexity index is 288. The fourth-order valence-corrected chi connectivity index (χ4v) is 1.33. The quantitative estimate of drug-likeness (QED) is 0.738. The predicted octanol–water partition coefficient (Wildman–Crippen LogP) is 2.33. The van der Waals surface area contributed by atoms with E-state index in [1.165, 1.54) is 11.3 Å². The van der Waals surface area contributed by atoms with Crippen LogP contribution in [0.15, 0.2) is 36.9 Å². The van der Waals surface area contributed by atoms with E-state index in [9.17, 15) is 0 Å². The first-order valence-corrected chi connectivity index (χ1v) is 4.82. The number of likely N-dealkylation sites (N-methyl/N-ethyl adjacent to an activating group) is 1. The van der Waals surface area contributed by atoms with Gasteiger partial charge in [0.05, 0.1) is 0 Å². The van der Waals surface area contributed by atoms with Crippen LogP contribution in [0.3, 0.4) is 0 Å². The van der Waals surface area contributed by atoms with Gasteiger partial charge in [0.2, 0.25) is 0 Å². The molecule has 2 nitrogen and oxygen atoms in total. The molecule has 0 heterocycles. The van der Waals surface area contributed by atoms with Gasteiger partial charge < -0.3 is 10.6 Å². The normalized spacial score (nSPS) is 12.2. The summed E-state index contributed by atoms with van der Waals surface area (Å²) in [6.07, 6.45) is 1.89. The van der Waals surface area contributed by atoms with E-state index in [2.05, 4.69) is 35.7 Å². The van der Waals surface area contributed by atoms with Gasteiger partial charge in [0.25, 0.3) is 0 Å². The summed E-state index contributed by atoms with van der Waals surface area (Å²) in [6, 6.07) is 8.41. The van der Waals surface area contributed by atoms with E-state index >= 15 is 0 Å². The first kappa shape index (κ1) is 10.8. The Morgan fingerprint density at radius 2 is 2.00 bits per heavy atom. The van der Waals surface area contributed by atoms with Crippen LogP contribution in [0.4, 0.5) is 5.69 Å². The van der Waals surface area contributed by atoms with Gasteiger partial charge in [-0.25, -0.2) is 0 Å². The second-order valence-electron chi connectivity index (χ2n) is 3.55. The third kappa shape index (κ3) is 2.60. The molecule has 0 spiro atoms. The number of anilines is 1. The largest absolute Gasteiger partial charge is 0.371 e. The Balaban J connectivity index is 2.77. The van der Waals surface area contributed by atoms with E-state index in [0.29, 0.717) is 0 Å². The lowest BCUT2D eigenvalue weighted by atomic mass is 10.1. The van der Waals surface area contributed by atoms with Crippen LogP contribution >= 0.6 is 0 Å². The van der Waals surface area contributed by atoms with E-state index in [0.717, 1.165) is 6.54 Å². The maximum atomic E-state index is 5.77. The topological polar surface area (TPSA) is 29.3 Å². The summed E-state index contributed by atoms with van der Waals surface area (Å²) in [5, 5.41) is 0. The van der Waals surface area contributed by atoms with Gasteiger partial charge in [-0.2, -0.15) is 0 Å². The molecule has 0 unspecified atom stereocenters. The van der Waals surface area contributed by atoms with Crippen LogP contribution < -0.4 is 10.6 Å². The minimum Gasteiger partial charge on any atom is -0.371 e. The fraction of sp³-hybridized carbons (Fsp3) is 0.333. The molecular formula is C12H18N2.